The number of nitrogens with zero attached hydrogens (tertiary/aromatic N) is 3. The molecule has 2 N–H and O–H groups in total. The van der Waals surface area contributed by atoms with Crippen LogP contribution in [0, 0.1) is 13.8 Å². The summed E-state index contributed by atoms with van der Waals surface area (Å²) in [6.45, 7) is 12.4. The van der Waals surface area contributed by atoms with E-state index in [1.807, 2.05) is 59.7 Å². The molecule has 1 atom stereocenters. The van der Waals surface area contributed by atoms with E-state index in [9.17, 15) is 18.0 Å². The molecule has 4 bridgehead atoms. The van der Waals surface area contributed by atoms with E-state index in [-0.39, 0.29) is 40.8 Å². The Morgan fingerprint density at radius 1 is 1.05 bits per heavy atom. The second-order valence-electron chi connectivity index (χ2n) is 12.4. The lowest BCUT2D eigenvalue weighted by Crippen LogP contribution is -2.41. The summed E-state index contributed by atoms with van der Waals surface area (Å²) in [4.78, 5) is 36.7. The predicted octanol–water partition coefficient (Wildman–Crippen LogP) is 5.19. The number of piperidine rings is 1. The van der Waals surface area contributed by atoms with Gasteiger partial charge in [0.15, 0.2) is 0 Å². The van der Waals surface area contributed by atoms with Gasteiger partial charge in [-0.2, -0.15) is 4.98 Å². The smallest absolute Gasteiger partial charge is 0.410 e. The van der Waals surface area contributed by atoms with Crippen molar-refractivity contribution in [2.24, 2.45) is 0 Å². The number of likely N-dealkylation sites (tertiary alicyclic amines) is 1. The van der Waals surface area contributed by atoms with Crippen molar-refractivity contribution in [2.45, 2.75) is 76.9 Å². The maximum absolute atomic E-state index is 13.5. The number of carbonyl (C=O) groups is 2. The minimum absolute atomic E-state index is 0.0873. The van der Waals surface area contributed by atoms with Crippen LogP contribution in [0.3, 0.4) is 0 Å². The van der Waals surface area contributed by atoms with Gasteiger partial charge in [-0.1, -0.05) is 24.3 Å². The first-order valence-corrected chi connectivity index (χ1v) is 16.2. The van der Waals surface area contributed by atoms with Crippen molar-refractivity contribution in [1.82, 2.24) is 20.2 Å². The SMILES string of the molecule is Cc1cccc(C)c1-c1nc2nc(c1C1CCN(C(=O)OC(C)(C)C)CC1)O[C@H](C)CNC(=O)c1cccc(c1)S(=O)(=O)N2. The molecule has 1 fully saturated rings. The molecule has 3 aromatic rings. The van der Waals surface area contributed by atoms with Crippen molar-refractivity contribution >= 4 is 28.0 Å². The first kappa shape index (κ1) is 31.2. The Morgan fingerprint density at radius 3 is 2.36 bits per heavy atom. The number of nitrogens with one attached hydrogen (secondary N) is 2. The van der Waals surface area contributed by atoms with Crippen LogP contribution in [-0.4, -0.2) is 66.6 Å². The molecule has 0 aliphatic carbocycles. The van der Waals surface area contributed by atoms with E-state index in [1.54, 1.807) is 11.0 Å². The topological polar surface area (TPSA) is 140 Å². The van der Waals surface area contributed by atoms with Crippen molar-refractivity contribution < 1.29 is 27.5 Å². The Labute approximate surface area is 258 Å². The summed E-state index contributed by atoms with van der Waals surface area (Å²) < 4.78 is 41.5. The van der Waals surface area contributed by atoms with Crippen LogP contribution < -0.4 is 14.8 Å². The lowest BCUT2D eigenvalue weighted by Gasteiger charge is -2.34. The molecular formula is C32H39N5O6S. The fourth-order valence-corrected chi connectivity index (χ4v) is 6.55. The van der Waals surface area contributed by atoms with Gasteiger partial charge in [0, 0.05) is 29.8 Å². The average molecular weight is 622 g/mol. The highest BCUT2D eigenvalue weighted by atomic mass is 32.2. The summed E-state index contributed by atoms with van der Waals surface area (Å²) in [6, 6.07) is 11.7. The fraction of sp³-hybridized carbons (Fsp3) is 0.438. The van der Waals surface area contributed by atoms with Crippen LogP contribution in [0.5, 0.6) is 5.88 Å². The predicted molar refractivity (Wildman–Crippen MR) is 166 cm³/mol. The molecule has 2 aliphatic heterocycles. The Bertz CT molecular complexity index is 1670. The Balaban J connectivity index is 1.63. The fourth-order valence-electron chi connectivity index (χ4n) is 5.56. The molecule has 0 radical (unpaired) electrons. The van der Waals surface area contributed by atoms with Crippen LogP contribution in [0.25, 0.3) is 11.3 Å². The quantitative estimate of drug-likeness (QED) is 0.399. The van der Waals surface area contributed by atoms with E-state index in [1.165, 1.54) is 18.2 Å². The van der Waals surface area contributed by atoms with E-state index in [0.29, 0.717) is 31.6 Å². The molecule has 234 valence electrons. The van der Waals surface area contributed by atoms with Gasteiger partial charge in [-0.05, 0) is 89.6 Å². The van der Waals surface area contributed by atoms with Gasteiger partial charge in [0.05, 0.1) is 17.1 Å². The molecule has 2 aromatic carbocycles. The highest BCUT2D eigenvalue weighted by Crippen LogP contribution is 2.42. The number of rotatable bonds is 2. The normalized spacial score (nSPS) is 18.9. The standard InChI is InChI=1S/C32H39N5O6S/c1-19-9-7-10-20(2)25(19)27-26(22-13-15-37(16-14-22)31(39)43-32(4,5)6)29-35-30(34-27)36-44(40,41)24-12-8-11-23(17-24)28(38)33-18-21(3)42-29/h7-12,17,21-22H,13-16,18H2,1-6H3,(H,33,38)(H,34,35,36)/t21-/m1/s1. The van der Waals surface area contributed by atoms with Crippen molar-refractivity contribution in [1.29, 1.82) is 0 Å². The van der Waals surface area contributed by atoms with Gasteiger partial charge >= 0.3 is 6.09 Å². The number of sulfonamides is 1. The van der Waals surface area contributed by atoms with Crippen molar-refractivity contribution in [3.05, 3.63) is 64.7 Å². The molecule has 1 saturated heterocycles. The summed E-state index contributed by atoms with van der Waals surface area (Å²) in [7, 11) is -4.15. The molecule has 0 saturated carbocycles. The molecule has 0 unspecified atom stereocenters. The molecule has 3 heterocycles. The van der Waals surface area contributed by atoms with Gasteiger partial charge in [0.2, 0.25) is 11.8 Å². The van der Waals surface area contributed by atoms with Crippen LogP contribution in [0.2, 0.25) is 0 Å². The van der Waals surface area contributed by atoms with Crippen LogP contribution in [0.4, 0.5) is 10.7 Å². The monoisotopic (exact) mass is 621 g/mol. The summed E-state index contributed by atoms with van der Waals surface area (Å²) in [5.74, 6) is -0.418. The molecule has 0 spiro atoms. The van der Waals surface area contributed by atoms with Crippen LogP contribution in [-0.2, 0) is 14.8 Å². The zero-order chi connectivity index (χ0) is 31.8. The molecular weight excluding hydrogens is 582 g/mol. The molecule has 1 aromatic heterocycles. The highest BCUT2D eigenvalue weighted by Gasteiger charge is 2.33. The number of hydrogen-bond donors (Lipinski definition) is 2. The zero-order valence-corrected chi connectivity index (χ0v) is 26.7. The third-order valence-electron chi connectivity index (χ3n) is 7.68. The largest absolute Gasteiger partial charge is 0.472 e. The van der Waals surface area contributed by atoms with Gasteiger partial charge in [0.1, 0.15) is 11.7 Å². The third-order valence-corrected chi connectivity index (χ3v) is 9.00. The Hall–Kier alpha value is -4.19. The van der Waals surface area contributed by atoms with Gasteiger partial charge in [-0.15, -0.1) is 0 Å². The number of anilines is 1. The summed E-state index contributed by atoms with van der Waals surface area (Å²) >= 11 is 0. The number of fused-ring (bicyclic) bond motifs is 4. The maximum atomic E-state index is 13.5. The minimum atomic E-state index is -4.15. The number of amides is 2. The average Bonchev–Trinajstić information content (AvgIpc) is 2.95. The lowest BCUT2D eigenvalue weighted by molar-refractivity contribution is 0.0204. The number of ether oxygens (including phenoxy) is 2. The molecule has 2 aliphatic rings. The zero-order valence-electron chi connectivity index (χ0n) is 25.9. The number of benzene rings is 2. The van der Waals surface area contributed by atoms with Crippen molar-refractivity contribution in [2.75, 3.05) is 24.4 Å². The summed E-state index contributed by atoms with van der Waals surface area (Å²) in [5, 5.41) is 2.83. The van der Waals surface area contributed by atoms with E-state index in [0.717, 1.165) is 22.3 Å². The second kappa shape index (κ2) is 12.1. The van der Waals surface area contributed by atoms with Gasteiger partial charge < -0.3 is 19.7 Å². The minimum Gasteiger partial charge on any atom is -0.472 e. The van der Waals surface area contributed by atoms with Gasteiger partial charge in [0.25, 0.3) is 15.9 Å². The molecule has 44 heavy (non-hydrogen) atoms. The summed E-state index contributed by atoms with van der Waals surface area (Å²) in [5.41, 5.74) is 3.69. The first-order chi connectivity index (χ1) is 20.7. The lowest BCUT2D eigenvalue weighted by atomic mass is 9.85. The Morgan fingerprint density at radius 2 is 1.70 bits per heavy atom. The van der Waals surface area contributed by atoms with Crippen molar-refractivity contribution in [3.8, 4) is 17.1 Å². The molecule has 11 nitrogen and oxygen atoms in total. The van der Waals surface area contributed by atoms with E-state index >= 15 is 0 Å². The van der Waals surface area contributed by atoms with Gasteiger partial charge in [-0.25, -0.2) is 22.9 Å². The van der Waals surface area contributed by atoms with Crippen LogP contribution in [0.15, 0.2) is 47.4 Å². The van der Waals surface area contributed by atoms with Gasteiger partial charge in [-0.3, -0.25) is 4.79 Å². The first-order valence-electron chi connectivity index (χ1n) is 14.8. The van der Waals surface area contributed by atoms with Crippen LogP contribution >= 0.6 is 0 Å². The number of aryl methyl sites for hydroxylation is 2. The van der Waals surface area contributed by atoms with Crippen LogP contribution in [0.1, 0.15) is 73.5 Å². The molecule has 2 amide bonds. The maximum Gasteiger partial charge on any atom is 0.410 e. The Kier molecular flexibility index (Phi) is 8.57. The molecule has 5 rings (SSSR count). The summed E-state index contributed by atoms with van der Waals surface area (Å²) in [6.07, 6.45) is 0.327. The van der Waals surface area contributed by atoms with E-state index in [2.05, 4.69) is 15.0 Å². The number of carbonyl (C=O) groups excluding carboxylic acids is 2. The molecule has 12 heteroatoms. The second-order valence-corrected chi connectivity index (χ2v) is 14.1. The van der Waals surface area contributed by atoms with E-state index < -0.39 is 27.6 Å². The number of aromatic nitrogens is 2. The van der Waals surface area contributed by atoms with Crippen molar-refractivity contribution in [3.63, 3.8) is 0 Å². The third kappa shape index (κ3) is 6.80. The highest BCUT2D eigenvalue weighted by molar-refractivity contribution is 7.92. The number of hydrogen-bond acceptors (Lipinski definition) is 8. The van der Waals surface area contributed by atoms with E-state index in [4.69, 9.17) is 14.5 Å².